The molecule has 1 aliphatic rings. The molecule has 118 valence electrons. The first-order valence-electron chi connectivity index (χ1n) is 8.48. The van der Waals surface area contributed by atoms with Crippen LogP contribution in [0.1, 0.15) is 27.7 Å². The number of hydrogen-bond acceptors (Lipinski definition) is 1. The lowest BCUT2D eigenvalue weighted by molar-refractivity contribution is 1.50. The average Bonchev–Trinajstić information content (AvgIpc) is 2.80. The maximum atomic E-state index is 3.55. The predicted molar refractivity (Wildman–Crippen MR) is 103 cm³/mol. The SMILES string of the molecule is CC.CC.c1ccc2c(c1)Nc1ccccc1-c1ccccc1-2. The Morgan fingerprint density at radius 3 is 1.13 bits per heavy atom. The van der Waals surface area contributed by atoms with Crippen LogP contribution < -0.4 is 5.32 Å². The van der Waals surface area contributed by atoms with E-state index in [1.165, 1.54) is 33.6 Å². The monoisotopic (exact) mass is 303 g/mol. The fourth-order valence-electron chi connectivity index (χ4n) is 2.75. The minimum absolute atomic E-state index is 1.17. The molecule has 1 heteroatoms. The van der Waals surface area contributed by atoms with Crippen LogP contribution in [0.2, 0.25) is 0 Å². The fraction of sp³-hybridized carbons (Fsp3) is 0.182. The smallest absolute Gasteiger partial charge is 0.0464 e. The Hall–Kier alpha value is -2.54. The van der Waals surface area contributed by atoms with Crippen molar-refractivity contribution in [2.75, 3.05) is 5.32 Å². The van der Waals surface area contributed by atoms with Gasteiger partial charge in [0.15, 0.2) is 0 Å². The molecule has 0 fully saturated rings. The van der Waals surface area contributed by atoms with Gasteiger partial charge in [0.1, 0.15) is 0 Å². The standard InChI is InChI=1S/C18H13N.2C2H6/c1-2-8-14-13(7-1)15-9-3-5-11-17(15)19-18-12-6-4-10-16(14)18;2*1-2/h1-12,19H;2*1-2H3. The maximum Gasteiger partial charge on any atom is 0.0464 e. The first kappa shape index (κ1) is 16.8. The highest BCUT2D eigenvalue weighted by Gasteiger charge is 2.17. The van der Waals surface area contributed by atoms with E-state index in [0.29, 0.717) is 0 Å². The molecule has 1 aliphatic heterocycles. The third-order valence-electron chi connectivity index (χ3n) is 3.63. The van der Waals surface area contributed by atoms with Gasteiger partial charge in [-0.1, -0.05) is 88.4 Å². The highest BCUT2D eigenvalue weighted by Crippen LogP contribution is 2.43. The third kappa shape index (κ3) is 3.29. The number of benzene rings is 3. The molecule has 3 aromatic rings. The molecule has 3 aromatic carbocycles. The quantitative estimate of drug-likeness (QED) is 0.364. The Morgan fingerprint density at radius 2 is 0.739 bits per heavy atom. The zero-order valence-corrected chi connectivity index (χ0v) is 14.4. The van der Waals surface area contributed by atoms with Gasteiger partial charge in [0.05, 0.1) is 0 Å². The summed E-state index contributed by atoms with van der Waals surface area (Å²) in [6, 6.07) is 25.5. The third-order valence-corrected chi connectivity index (χ3v) is 3.63. The topological polar surface area (TPSA) is 12.0 Å². The molecule has 23 heavy (non-hydrogen) atoms. The second-order valence-electron chi connectivity index (χ2n) is 4.76. The first-order chi connectivity index (χ1) is 11.4. The van der Waals surface area contributed by atoms with E-state index in [1.54, 1.807) is 0 Å². The van der Waals surface area contributed by atoms with Crippen molar-refractivity contribution in [3.05, 3.63) is 72.8 Å². The molecule has 0 aliphatic carbocycles. The van der Waals surface area contributed by atoms with Gasteiger partial charge in [-0.15, -0.1) is 0 Å². The van der Waals surface area contributed by atoms with E-state index in [2.05, 4.69) is 78.1 Å². The van der Waals surface area contributed by atoms with Crippen LogP contribution in [0, 0.1) is 0 Å². The molecule has 0 atom stereocenters. The molecule has 0 spiro atoms. The lowest BCUT2D eigenvalue weighted by atomic mass is 9.95. The normalized spacial score (nSPS) is 10.1. The zero-order chi connectivity index (χ0) is 16.7. The molecular formula is C22H25N. The summed E-state index contributed by atoms with van der Waals surface area (Å²) in [6.45, 7) is 8.00. The molecule has 0 saturated heterocycles. The second-order valence-corrected chi connectivity index (χ2v) is 4.76. The molecule has 1 heterocycles. The molecular weight excluding hydrogens is 278 g/mol. The van der Waals surface area contributed by atoms with Gasteiger partial charge in [-0.05, 0) is 23.3 Å². The second kappa shape index (κ2) is 8.19. The van der Waals surface area contributed by atoms with Crippen molar-refractivity contribution in [1.29, 1.82) is 0 Å². The van der Waals surface area contributed by atoms with Gasteiger partial charge in [0.2, 0.25) is 0 Å². The minimum atomic E-state index is 1.17. The number of nitrogens with one attached hydrogen (secondary N) is 1. The largest absolute Gasteiger partial charge is 0.355 e. The van der Waals surface area contributed by atoms with Gasteiger partial charge in [0, 0.05) is 22.5 Å². The van der Waals surface area contributed by atoms with Crippen LogP contribution in [0.3, 0.4) is 0 Å². The van der Waals surface area contributed by atoms with Gasteiger partial charge in [-0.3, -0.25) is 0 Å². The van der Waals surface area contributed by atoms with Crippen LogP contribution in [-0.4, -0.2) is 0 Å². The molecule has 0 amide bonds. The Labute approximate surface area is 140 Å². The number of fused-ring (bicyclic) bond motifs is 5. The van der Waals surface area contributed by atoms with E-state index in [4.69, 9.17) is 0 Å². The molecule has 0 unspecified atom stereocenters. The molecule has 0 saturated carbocycles. The van der Waals surface area contributed by atoms with Crippen molar-refractivity contribution in [3.63, 3.8) is 0 Å². The van der Waals surface area contributed by atoms with Gasteiger partial charge in [-0.2, -0.15) is 0 Å². The average molecular weight is 303 g/mol. The highest BCUT2D eigenvalue weighted by atomic mass is 14.9. The summed E-state index contributed by atoms with van der Waals surface area (Å²) >= 11 is 0. The lowest BCUT2D eigenvalue weighted by Crippen LogP contribution is -1.90. The maximum absolute atomic E-state index is 3.55. The Morgan fingerprint density at radius 1 is 0.435 bits per heavy atom. The highest BCUT2D eigenvalue weighted by molar-refractivity contribution is 5.98. The molecule has 4 rings (SSSR count). The summed E-state index contributed by atoms with van der Waals surface area (Å²) in [5, 5.41) is 3.55. The van der Waals surface area contributed by atoms with Crippen molar-refractivity contribution in [2.24, 2.45) is 0 Å². The van der Waals surface area contributed by atoms with E-state index in [9.17, 15) is 0 Å². The minimum Gasteiger partial charge on any atom is -0.355 e. The number of rotatable bonds is 0. The van der Waals surface area contributed by atoms with Crippen molar-refractivity contribution in [2.45, 2.75) is 27.7 Å². The van der Waals surface area contributed by atoms with Gasteiger partial charge in [-0.25, -0.2) is 0 Å². The molecule has 0 radical (unpaired) electrons. The van der Waals surface area contributed by atoms with Gasteiger partial charge < -0.3 is 5.32 Å². The number of anilines is 2. The zero-order valence-electron chi connectivity index (χ0n) is 14.4. The van der Waals surface area contributed by atoms with Crippen LogP contribution in [0.25, 0.3) is 22.3 Å². The summed E-state index contributed by atoms with van der Waals surface area (Å²) < 4.78 is 0. The van der Waals surface area contributed by atoms with Gasteiger partial charge in [0.25, 0.3) is 0 Å². The van der Waals surface area contributed by atoms with E-state index >= 15 is 0 Å². The van der Waals surface area contributed by atoms with E-state index in [-0.39, 0.29) is 0 Å². The summed E-state index contributed by atoms with van der Waals surface area (Å²) in [4.78, 5) is 0. The molecule has 0 bridgehead atoms. The van der Waals surface area contributed by atoms with E-state index in [1.807, 2.05) is 27.7 Å². The van der Waals surface area contributed by atoms with Crippen LogP contribution in [0.5, 0.6) is 0 Å². The molecule has 0 aromatic heterocycles. The Bertz CT molecular complexity index is 695. The van der Waals surface area contributed by atoms with Crippen LogP contribution >= 0.6 is 0 Å². The Balaban J connectivity index is 0.000000448. The summed E-state index contributed by atoms with van der Waals surface area (Å²) in [5.41, 5.74) is 7.43. The van der Waals surface area contributed by atoms with E-state index in [0.717, 1.165) is 0 Å². The van der Waals surface area contributed by atoms with Crippen LogP contribution in [-0.2, 0) is 0 Å². The van der Waals surface area contributed by atoms with Crippen LogP contribution in [0.15, 0.2) is 72.8 Å². The molecule has 1 nitrogen and oxygen atoms in total. The Kier molecular flexibility index (Phi) is 5.99. The summed E-state index contributed by atoms with van der Waals surface area (Å²) in [7, 11) is 0. The van der Waals surface area contributed by atoms with Gasteiger partial charge >= 0.3 is 0 Å². The fourth-order valence-corrected chi connectivity index (χ4v) is 2.75. The molecule has 1 N–H and O–H groups in total. The number of hydrogen-bond donors (Lipinski definition) is 1. The predicted octanol–water partition coefficient (Wildman–Crippen LogP) is 7.13. The van der Waals surface area contributed by atoms with Crippen molar-refractivity contribution < 1.29 is 0 Å². The van der Waals surface area contributed by atoms with E-state index < -0.39 is 0 Å². The lowest BCUT2D eigenvalue weighted by Gasteiger charge is -2.08. The van der Waals surface area contributed by atoms with Crippen molar-refractivity contribution >= 4 is 11.4 Å². The number of para-hydroxylation sites is 2. The first-order valence-corrected chi connectivity index (χ1v) is 8.48. The van der Waals surface area contributed by atoms with Crippen molar-refractivity contribution in [3.8, 4) is 22.3 Å². The summed E-state index contributed by atoms with van der Waals surface area (Å²) in [5.74, 6) is 0. The van der Waals surface area contributed by atoms with Crippen LogP contribution in [0.4, 0.5) is 11.4 Å². The van der Waals surface area contributed by atoms with Crippen molar-refractivity contribution in [1.82, 2.24) is 0 Å². The summed E-state index contributed by atoms with van der Waals surface area (Å²) in [6.07, 6.45) is 0.